The Hall–Kier alpha value is -3.04. The number of nitrogens with one attached hydrogen (secondary N) is 2. The Labute approximate surface area is 178 Å². The molecular weight excluding hydrogens is 400 g/mol. The van der Waals surface area contributed by atoms with Crippen molar-refractivity contribution in [3.05, 3.63) is 60.1 Å². The van der Waals surface area contributed by atoms with Crippen molar-refractivity contribution in [2.45, 2.75) is 24.3 Å². The predicted octanol–water partition coefficient (Wildman–Crippen LogP) is 3.70. The summed E-state index contributed by atoms with van der Waals surface area (Å²) in [5, 5.41) is 13.9. The molecule has 4 rings (SSSR count). The van der Waals surface area contributed by atoms with Gasteiger partial charge >= 0.3 is 6.09 Å². The van der Waals surface area contributed by atoms with Crippen molar-refractivity contribution in [1.82, 2.24) is 19.9 Å². The number of para-hydroxylation sites is 1. The molecule has 2 aromatic heterocycles. The lowest BCUT2D eigenvalue weighted by molar-refractivity contribution is 0.116. The first kappa shape index (κ1) is 20.2. The number of amides is 1. The SMILES string of the molecule is CNc1nccc(C2=CC[C@@](N)(N(CCCc3c[nH]c4ccccc34)C(=O)O)S2)n1. The minimum Gasteiger partial charge on any atom is -0.465 e. The molecule has 3 heterocycles. The van der Waals surface area contributed by atoms with Crippen molar-refractivity contribution in [2.75, 3.05) is 18.9 Å². The van der Waals surface area contributed by atoms with Crippen LogP contribution in [0.15, 0.2) is 48.8 Å². The van der Waals surface area contributed by atoms with E-state index in [0.717, 1.165) is 22.5 Å². The molecule has 1 amide bonds. The molecule has 156 valence electrons. The summed E-state index contributed by atoms with van der Waals surface area (Å²) in [4.78, 5) is 25.0. The molecule has 9 heteroatoms. The van der Waals surface area contributed by atoms with Crippen LogP contribution in [0.2, 0.25) is 0 Å². The number of hydrogen-bond donors (Lipinski definition) is 4. The Morgan fingerprint density at radius 1 is 1.40 bits per heavy atom. The van der Waals surface area contributed by atoms with E-state index in [2.05, 4.69) is 26.3 Å². The first-order valence-corrected chi connectivity index (χ1v) is 10.6. The summed E-state index contributed by atoms with van der Waals surface area (Å²) in [7, 11) is 1.75. The smallest absolute Gasteiger partial charge is 0.409 e. The van der Waals surface area contributed by atoms with Crippen LogP contribution in [0, 0.1) is 0 Å². The minimum absolute atomic E-state index is 0.352. The lowest BCUT2D eigenvalue weighted by atomic mass is 10.1. The number of benzene rings is 1. The second kappa shape index (κ2) is 8.37. The van der Waals surface area contributed by atoms with Gasteiger partial charge in [-0.1, -0.05) is 36.0 Å². The van der Waals surface area contributed by atoms with Crippen LogP contribution in [0.5, 0.6) is 0 Å². The van der Waals surface area contributed by atoms with Gasteiger partial charge < -0.3 is 15.4 Å². The number of hydrogen-bond acceptors (Lipinski definition) is 6. The standard InChI is InChI=1S/C21H24N6O2S/c1-23-19-24-11-9-17(26-19)18-8-10-21(22,30-18)27(20(28)29)12-4-5-14-13-25-16-7-3-2-6-15(14)16/h2-3,6-9,11,13,25H,4-5,10,12,22H2,1H3,(H,28,29)(H,23,24,26)/t21-/m1/s1. The van der Waals surface area contributed by atoms with Gasteiger partial charge in [0.05, 0.1) is 5.69 Å². The van der Waals surface area contributed by atoms with Crippen LogP contribution >= 0.6 is 11.8 Å². The average molecular weight is 425 g/mol. The van der Waals surface area contributed by atoms with Crippen LogP contribution in [0.3, 0.4) is 0 Å². The molecule has 1 aliphatic heterocycles. The predicted molar refractivity (Wildman–Crippen MR) is 120 cm³/mol. The van der Waals surface area contributed by atoms with Gasteiger partial charge in [0.25, 0.3) is 0 Å². The minimum atomic E-state index is -1.05. The van der Waals surface area contributed by atoms with Crippen LogP contribution < -0.4 is 11.1 Å². The van der Waals surface area contributed by atoms with Crippen LogP contribution in [0.4, 0.5) is 10.7 Å². The van der Waals surface area contributed by atoms with Crippen molar-refractivity contribution >= 4 is 39.6 Å². The van der Waals surface area contributed by atoms with Gasteiger partial charge in [0, 0.05) is 48.2 Å². The van der Waals surface area contributed by atoms with Gasteiger partial charge in [0.2, 0.25) is 5.95 Å². The summed E-state index contributed by atoms with van der Waals surface area (Å²) >= 11 is 1.33. The number of thioether (sulfide) groups is 1. The largest absolute Gasteiger partial charge is 0.465 e. The molecule has 0 saturated carbocycles. The van der Waals surface area contributed by atoms with Crippen molar-refractivity contribution in [2.24, 2.45) is 5.73 Å². The monoisotopic (exact) mass is 424 g/mol. The van der Waals surface area contributed by atoms with E-state index in [0.29, 0.717) is 25.3 Å². The molecule has 0 unspecified atom stereocenters. The maximum absolute atomic E-state index is 12.0. The molecule has 0 radical (unpaired) electrons. The third-order valence-corrected chi connectivity index (χ3v) is 6.53. The zero-order chi connectivity index (χ0) is 21.1. The van der Waals surface area contributed by atoms with E-state index in [4.69, 9.17) is 5.73 Å². The van der Waals surface area contributed by atoms with E-state index in [9.17, 15) is 9.90 Å². The Morgan fingerprint density at radius 2 is 2.23 bits per heavy atom. The number of carboxylic acid groups (broad SMARTS) is 1. The normalized spacial score (nSPS) is 18.4. The molecule has 3 aromatic rings. The Kier molecular flexibility index (Phi) is 5.65. The van der Waals surface area contributed by atoms with Crippen molar-refractivity contribution < 1.29 is 9.90 Å². The Balaban J connectivity index is 1.43. The van der Waals surface area contributed by atoms with E-state index < -0.39 is 11.1 Å². The van der Waals surface area contributed by atoms with Crippen molar-refractivity contribution in [3.63, 3.8) is 0 Å². The number of aromatic amines is 1. The summed E-state index contributed by atoms with van der Waals surface area (Å²) in [5.74, 6) is 0.511. The topological polar surface area (TPSA) is 120 Å². The van der Waals surface area contributed by atoms with Gasteiger partial charge in [-0.2, -0.15) is 0 Å². The summed E-state index contributed by atoms with van der Waals surface area (Å²) < 4.78 is 0. The number of fused-ring (bicyclic) bond motifs is 1. The molecule has 0 fully saturated rings. The molecule has 0 bridgehead atoms. The number of aromatic nitrogens is 3. The lowest BCUT2D eigenvalue weighted by Gasteiger charge is -2.35. The number of nitrogens with two attached hydrogens (primary N) is 1. The summed E-state index contributed by atoms with van der Waals surface area (Å²) in [6.07, 6.45) is 6.46. The highest BCUT2D eigenvalue weighted by Gasteiger charge is 2.41. The van der Waals surface area contributed by atoms with Crippen LogP contribution in [0.25, 0.3) is 15.8 Å². The van der Waals surface area contributed by atoms with E-state index in [-0.39, 0.29) is 0 Å². The van der Waals surface area contributed by atoms with Gasteiger partial charge in [0.1, 0.15) is 4.99 Å². The highest BCUT2D eigenvalue weighted by molar-refractivity contribution is 8.09. The fraction of sp³-hybridized carbons (Fsp3) is 0.286. The Bertz CT molecular complexity index is 1100. The van der Waals surface area contributed by atoms with E-state index in [1.807, 2.05) is 30.5 Å². The van der Waals surface area contributed by atoms with Gasteiger partial charge in [-0.15, -0.1) is 0 Å². The highest BCUT2D eigenvalue weighted by Crippen LogP contribution is 2.45. The quantitative estimate of drug-likeness (QED) is 0.427. The van der Waals surface area contributed by atoms with Gasteiger partial charge in [-0.05, 0) is 30.5 Å². The first-order valence-electron chi connectivity index (χ1n) is 9.75. The highest BCUT2D eigenvalue weighted by atomic mass is 32.2. The fourth-order valence-electron chi connectivity index (χ4n) is 3.66. The summed E-state index contributed by atoms with van der Waals surface area (Å²) in [6, 6.07) is 9.91. The summed E-state index contributed by atoms with van der Waals surface area (Å²) in [5.41, 5.74) is 9.54. The number of anilines is 1. The number of H-pyrrole nitrogens is 1. The van der Waals surface area contributed by atoms with Crippen molar-refractivity contribution in [3.8, 4) is 0 Å². The maximum atomic E-state index is 12.0. The maximum Gasteiger partial charge on any atom is 0.409 e. The molecule has 1 aliphatic rings. The van der Waals surface area contributed by atoms with Crippen LogP contribution in [-0.4, -0.2) is 49.6 Å². The molecule has 0 saturated heterocycles. The molecule has 8 nitrogen and oxygen atoms in total. The van der Waals surface area contributed by atoms with Gasteiger partial charge in [-0.3, -0.25) is 10.6 Å². The van der Waals surface area contributed by atoms with E-state index >= 15 is 0 Å². The second-order valence-electron chi connectivity index (χ2n) is 7.13. The summed E-state index contributed by atoms with van der Waals surface area (Å²) in [6.45, 7) is 0.352. The lowest BCUT2D eigenvalue weighted by Crippen LogP contribution is -2.54. The molecule has 0 aliphatic carbocycles. The molecule has 5 N–H and O–H groups in total. The Morgan fingerprint density at radius 3 is 3.03 bits per heavy atom. The molecule has 30 heavy (non-hydrogen) atoms. The third-order valence-electron chi connectivity index (χ3n) is 5.19. The molecule has 0 spiro atoms. The molecule has 1 aromatic carbocycles. The third kappa shape index (κ3) is 3.99. The van der Waals surface area contributed by atoms with E-state index in [1.54, 1.807) is 19.3 Å². The van der Waals surface area contributed by atoms with Gasteiger partial charge in [-0.25, -0.2) is 14.8 Å². The van der Waals surface area contributed by atoms with Crippen molar-refractivity contribution in [1.29, 1.82) is 0 Å². The number of carbonyl (C=O) groups is 1. The second-order valence-corrected chi connectivity index (χ2v) is 8.48. The number of aryl methyl sites for hydroxylation is 1. The molecule has 1 atom stereocenters. The number of rotatable bonds is 7. The fourth-order valence-corrected chi connectivity index (χ4v) is 4.88. The zero-order valence-corrected chi connectivity index (χ0v) is 17.4. The molecular formula is C21H24N6O2S. The average Bonchev–Trinajstić information content (AvgIpc) is 3.35. The van der Waals surface area contributed by atoms with Gasteiger partial charge in [0.15, 0.2) is 0 Å². The van der Waals surface area contributed by atoms with E-state index in [1.165, 1.54) is 27.6 Å². The first-order chi connectivity index (χ1) is 14.5. The van der Waals surface area contributed by atoms with Crippen LogP contribution in [0.1, 0.15) is 24.1 Å². The van der Waals surface area contributed by atoms with Crippen LogP contribution in [-0.2, 0) is 6.42 Å². The zero-order valence-electron chi connectivity index (χ0n) is 16.6. The number of nitrogens with zero attached hydrogens (tertiary/aromatic N) is 3.